The third kappa shape index (κ3) is 2.83. The first kappa shape index (κ1) is 15.7. The number of rotatable bonds is 2. The van der Waals surface area contributed by atoms with Crippen LogP contribution in [0.25, 0.3) is 0 Å². The maximum absolute atomic E-state index is 13.8. The van der Waals surface area contributed by atoms with E-state index < -0.39 is 36.3 Å². The first-order valence-electron chi connectivity index (χ1n) is 5.77. The molecule has 20 heavy (non-hydrogen) atoms. The fraction of sp³-hybridized carbons (Fsp3) is 0.500. The average Bonchev–Trinajstić information content (AvgIpc) is 2.71. The van der Waals surface area contributed by atoms with Gasteiger partial charge in [-0.25, -0.2) is 4.39 Å². The molecular formula is C12H12BrF4NO2. The molecule has 112 valence electrons. The molecule has 2 rings (SSSR count). The minimum Gasteiger partial charge on any atom is -0.396 e. The molecule has 0 bridgehead atoms. The lowest BCUT2D eigenvalue weighted by Gasteiger charge is -2.26. The van der Waals surface area contributed by atoms with E-state index in [1.165, 1.54) is 12.1 Å². The number of hydrogen-bond donors (Lipinski definition) is 2. The third-order valence-corrected chi connectivity index (χ3v) is 3.77. The molecule has 3 atom stereocenters. The van der Waals surface area contributed by atoms with Crippen LogP contribution in [0.4, 0.5) is 17.6 Å². The van der Waals surface area contributed by atoms with E-state index in [0.29, 0.717) is 4.47 Å². The Morgan fingerprint density at radius 1 is 1.45 bits per heavy atom. The number of aliphatic hydroxyl groups is 1. The summed E-state index contributed by atoms with van der Waals surface area (Å²) in [5, 5.41) is 9.06. The van der Waals surface area contributed by atoms with Gasteiger partial charge in [-0.1, -0.05) is 15.9 Å². The molecule has 0 aromatic heterocycles. The second kappa shape index (κ2) is 5.25. The molecule has 0 saturated carbocycles. The smallest absolute Gasteiger partial charge is 0.396 e. The van der Waals surface area contributed by atoms with Gasteiger partial charge in [0.1, 0.15) is 11.5 Å². The van der Waals surface area contributed by atoms with Crippen LogP contribution in [0.5, 0.6) is 0 Å². The number of nitrogens with two attached hydrogens (primary N) is 1. The topological polar surface area (TPSA) is 55.5 Å². The maximum atomic E-state index is 13.8. The monoisotopic (exact) mass is 357 g/mol. The van der Waals surface area contributed by atoms with E-state index in [0.717, 1.165) is 6.07 Å². The van der Waals surface area contributed by atoms with Crippen molar-refractivity contribution in [2.45, 2.75) is 24.4 Å². The van der Waals surface area contributed by atoms with Crippen LogP contribution < -0.4 is 5.73 Å². The molecule has 1 aliphatic rings. The number of hydrogen-bond acceptors (Lipinski definition) is 3. The average molecular weight is 358 g/mol. The van der Waals surface area contributed by atoms with Crippen LogP contribution in [-0.2, 0) is 10.5 Å². The molecular weight excluding hydrogens is 346 g/mol. The van der Waals surface area contributed by atoms with Gasteiger partial charge in [-0.05, 0) is 18.2 Å². The van der Waals surface area contributed by atoms with E-state index in [1.54, 1.807) is 0 Å². The Balaban J connectivity index is 2.39. The van der Waals surface area contributed by atoms with E-state index >= 15 is 0 Å². The van der Waals surface area contributed by atoms with Gasteiger partial charge in [0.25, 0.3) is 0 Å². The van der Waals surface area contributed by atoms with Crippen LogP contribution in [0, 0.1) is 11.7 Å². The molecule has 0 unspecified atom stereocenters. The van der Waals surface area contributed by atoms with Crippen molar-refractivity contribution in [2.75, 3.05) is 6.61 Å². The zero-order valence-corrected chi connectivity index (χ0v) is 11.7. The van der Waals surface area contributed by atoms with E-state index in [1.807, 2.05) is 0 Å². The molecule has 1 aliphatic heterocycles. The number of halogens is 5. The highest BCUT2D eigenvalue weighted by molar-refractivity contribution is 9.10. The zero-order valence-electron chi connectivity index (χ0n) is 10.1. The van der Waals surface area contributed by atoms with E-state index in [4.69, 9.17) is 15.6 Å². The van der Waals surface area contributed by atoms with Gasteiger partial charge < -0.3 is 9.84 Å². The Bertz CT molecular complexity index is 511. The predicted molar refractivity (Wildman–Crippen MR) is 66.1 cm³/mol. The number of aliphatic hydroxyl groups excluding tert-OH is 1. The Labute approximate surface area is 120 Å². The number of alkyl halides is 3. The Morgan fingerprint density at radius 2 is 2.10 bits per heavy atom. The lowest BCUT2D eigenvalue weighted by atomic mass is 9.93. The fourth-order valence-electron chi connectivity index (χ4n) is 2.36. The molecule has 1 aromatic rings. The largest absolute Gasteiger partial charge is 0.415 e. The SMILES string of the molecule is N[C@@]1(c2cc(Br)ccc2F)C[C@@H](CO)[C@H](C(F)(F)F)O1. The quantitative estimate of drug-likeness (QED) is 0.800. The molecule has 8 heteroatoms. The van der Waals surface area contributed by atoms with Gasteiger partial charge in [-0.2, -0.15) is 13.2 Å². The summed E-state index contributed by atoms with van der Waals surface area (Å²) in [6.45, 7) is -0.737. The van der Waals surface area contributed by atoms with E-state index in [2.05, 4.69) is 15.9 Å². The van der Waals surface area contributed by atoms with E-state index in [-0.39, 0.29) is 12.0 Å². The molecule has 0 aliphatic carbocycles. The molecule has 3 nitrogen and oxygen atoms in total. The summed E-state index contributed by atoms with van der Waals surface area (Å²) in [6.07, 6.45) is -7.20. The molecule has 3 N–H and O–H groups in total. The Morgan fingerprint density at radius 3 is 2.60 bits per heavy atom. The Kier molecular flexibility index (Phi) is 4.12. The summed E-state index contributed by atoms with van der Waals surface area (Å²) in [4.78, 5) is 0. The molecule has 1 saturated heterocycles. The second-order valence-electron chi connectivity index (χ2n) is 4.74. The van der Waals surface area contributed by atoms with Crippen molar-refractivity contribution in [1.29, 1.82) is 0 Å². The van der Waals surface area contributed by atoms with Crippen molar-refractivity contribution < 1.29 is 27.4 Å². The molecule has 0 radical (unpaired) electrons. The summed E-state index contributed by atoms with van der Waals surface area (Å²) in [5.41, 5.74) is 3.72. The lowest BCUT2D eigenvalue weighted by Crippen LogP contribution is -2.40. The molecule has 0 amide bonds. The highest BCUT2D eigenvalue weighted by Crippen LogP contribution is 2.45. The molecule has 0 spiro atoms. The van der Waals surface area contributed by atoms with Gasteiger partial charge in [0.15, 0.2) is 6.10 Å². The van der Waals surface area contributed by atoms with Crippen LogP contribution in [0.15, 0.2) is 22.7 Å². The predicted octanol–water partition coefficient (Wildman–Crippen LogP) is 2.66. The van der Waals surface area contributed by atoms with Gasteiger partial charge in [0, 0.05) is 29.0 Å². The van der Waals surface area contributed by atoms with Crippen LogP contribution in [0.2, 0.25) is 0 Å². The number of benzene rings is 1. The van der Waals surface area contributed by atoms with Gasteiger partial charge >= 0.3 is 6.18 Å². The minimum absolute atomic E-state index is 0.169. The summed E-state index contributed by atoms with van der Waals surface area (Å²) >= 11 is 3.10. The highest BCUT2D eigenvalue weighted by atomic mass is 79.9. The van der Waals surface area contributed by atoms with Gasteiger partial charge in [-0.15, -0.1) is 0 Å². The molecule has 1 fully saturated rings. The van der Waals surface area contributed by atoms with Crippen molar-refractivity contribution in [3.05, 3.63) is 34.1 Å². The summed E-state index contributed by atoms with van der Waals surface area (Å²) in [5.74, 6) is -1.98. The lowest BCUT2D eigenvalue weighted by molar-refractivity contribution is -0.240. The van der Waals surface area contributed by atoms with Crippen LogP contribution in [0.3, 0.4) is 0 Å². The van der Waals surface area contributed by atoms with Gasteiger partial charge in [-0.3, -0.25) is 5.73 Å². The van der Waals surface area contributed by atoms with Crippen LogP contribution >= 0.6 is 15.9 Å². The van der Waals surface area contributed by atoms with Crippen LogP contribution in [-0.4, -0.2) is 24.0 Å². The Hall–Kier alpha value is -0.700. The van der Waals surface area contributed by atoms with Gasteiger partial charge in [0.2, 0.25) is 0 Å². The third-order valence-electron chi connectivity index (χ3n) is 3.27. The van der Waals surface area contributed by atoms with Crippen molar-refractivity contribution in [2.24, 2.45) is 11.7 Å². The van der Waals surface area contributed by atoms with E-state index in [9.17, 15) is 17.6 Å². The molecule has 1 aromatic carbocycles. The summed E-state index contributed by atoms with van der Waals surface area (Å²) in [7, 11) is 0. The van der Waals surface area contributed by atoms with Crippen molar-refractivity contribution in [3.63, 3.8) is 0 Å². The first-order chi connectivity index (χ1) is 9.17. The molecule has 1 heterocycles. The van der Waals surface area contributed by atoms with Crippen molar-refractivity contribution in [3.8, 4) is 0 Å². The van der Waals surface area contributed by atoms with Crippen LogP contribution in [0.1, 0.15) is 12.0 Å². The zero-order chi connectivity index (χ0) is 15.1. The normalized spacial score (nSPS) is 30.8. The highest BCUT2D eigenvalue weighted by Gasteiger charge is 2.56. The fourth-order valence-corrected chi connectivity index (χ4v) is 2.72. The standard InChI is InChI=1S/C12H12BrF4NO2/c13-7-1-2-9(14)8(3-7)11(18)4-6(5-19)10(20-11)12(15,16)17/h1-3,6,10,19H,4-5,18H2/t6-,10+,11-/m0/s1. The number of ether oxygens (including phenoxy) is 1. The summed E-state index contributed by atoms with van der Waals surface area (Å²) < 4.78 is 57.7. The van der Waals surface area contributed by atoms with Crippen molar-refractivity contribution in [1.82, 2.24) is 0 Å². The minimum atomic E-state index is -4.67. The van der Waals surface area contributed by atoms with Gasteiger partial charge in [0.05, 0.1) is 0 Å². The summed E-state index contributed by atoms with van der Waals surface area (Å²) in [6, 6.07) is 3.77. The second-order valence-corrected chi connectivity index (χ2v) is 5.66. The maximum Gasteiger partial charge on any atom is 0.415 e. The first-order valence-corrected chi connectivity index (χ1v) is 6.56. The van der Waals surface area contributed by atoms with Crippen molar-refractivity contribution >= 4 is 15.9 Å².